The summed E-state index contributed by atoms with van der Waals surface area (Å²) in [6.07, 6.45) is 4.20. The van der Waals surface area contributed by atoms with Gasteiger partial charge in [-0.3, -0.25) is 19.7 Å². The van der Waals surface area contributed by atoms with Crippen molar-refractivity contribution in [1.29, 1.82) is 0 Å². The van der Waals surface area contributed by atoms with Crippen molar-refractivity contribution in [2.24, 2.45) is 0 Å². The van der Waals surface area contributed by atoms with Crippen LogP contribution in [0, 0.1) is 10.1 Å². The number of benzene rings is 1. The van der Waals surface area contributed by atoms with E-state index in [-0.39, 0.29) is 37.9 Å². The van der Waals surface area contributed by atoms with E-state index in [1.807, 2.05) is 30.3 Å². The summed E-state index contributed by atoms with van der Waals surface area (Å²) in [4.78, 5) is 73.5. The molecule has 1 fully saturated rings. The number of amides is 1. The van der Waals surface area contributed by atoms with Crippen LogP contribution in [0.2, 0.25) is 0 Å². The summed E-state index contributed by atoms with van der Waals surface area (Å²) in [6, 6.07) is 7.61. The van der Waals surface area contributed by atoms with Crippen molar-refractivity contribution < 1.29 is 48.5 Å². The number of ketones is 1. The molecule has 42 heavy (non-hydrogen) atoms. The molecule has 1 saturated heterocycles. The van der Waals surface area contributed by atoms with Gasteiger partial charge in [-0.2, -0.15) is 0 Å². The Bertz CT molecular complexity index is 1060. The first-order chi connectivity index (χ1) is 20.0. The van der Waals surface area contributed by atoms with Gasteiger partial charge in [0.15, 0.2) is 5.78 Å². The summed E-state index contributed by atoms with van der Waals surface area (Å²) in [5.41, 5.74) is 1.07. The normalized spacial score (nSPS) is 15.6. The van der Waals surface area contributed by atoms with Gasteiger partial charge in [0.2, 0.25) is 5.91 Å². The summed E-state index contributed by atoms with van der Waals surface area (Å²) in [7, 11) is 0. The second kappa shape index (κ2) is 19.7. The van der Waals surface area contributed by atoms with E-state index in [1.54, 1.807) is 13.8 Å². The summed E-state index contributed by atoms with van der Waals surface area (Å²) < 4.78 is 10.4. The van der Waals surface area contributed by atoms with Gasteiger partial charge in [0.25, 0.3) is 5.09 Å². The second-order valence-corrected chi connectivity index (χ2v) is 9.27. The fourth-order valence-electron chi connectivity index (χ4n) is 4.02. The number of nitrogens with zero attached hydrogens (tertiary/aromatic N) is 2. The van der Waals surface area contributed by atoms with E-state index in [0.29, 0.717) is 32.2 Å². The number of likely N-dealkylation sites (tertiary alicyclic amines) is 1. The van der Waals surface area contributed by atoms with Crippen LogP contribution >= 0.6 is 0 Å². The van der Waals surface area contributed by atoms with Crippen molar-refractivity contribution in [1.82, 2.24) is 10.2 Å². The van der Waals surface area contributed by atoms with Gasteiger partial charge in [0, 0.05) is 19.0 Å². The number of hydrogen-bond donors (Lipinski definition) is 2. The average molecular weight is 594 g/mol. The zero-order chi connectivity index (χ0) is 31.5. The number of aliphatic carboxylic acids is 1. The third-order valence-corrected chi connectivity index (χ3v) is 5.96. The minimum Gasteiger partial charge on any atom is -0.478 e. The predicted octanol–water partition coefficient (Wildman–Crippen LogP) is 1.88. The fraction of sp³-hybridized carbons (Fsp3) is 0.536. The number of hydrogen-bond acceptors (Lipinski definition) is 11. The molecule has 3 atom stereocenters. The molecule has 232 valence electrons. The van der Waals surface area contributed by atoms with E-state index in [1.165, 1.54) is 11.8 Å². The minimum atomic E-state index is -1.10. The molecule has 0 saturated carbocycles. The predicted molar refractivity (Wildman–Crippen MR) is 148 cm³/mol. The zero-order valence-corrected chi connectivity index (χ0v) is 24.1. The van der Waals surface area contributed by atoms with Crippen LogP contribution in [0.5, 0.6) is 0 Å². The molecule has 1 aromatic carbocycles. The van der Waals surface area contributed by atoms with Gasteiger partial charge in [0.1, 0.15) is 12.1 Å². The van der Waals surface area contributed by atoms with Crippen LogP contribution in [-0.4, -0.2) is 89.2 Å². The van der Waals surface area contributed by atoms with Crippen LogP contribution in [-0.2, 0) is 44.7 Å². The molecule has 2 rings (SSSR count). The molecule has 1 aliphatic heterocycles. The van der Waals surface area contributed by atoms with E-state index in [2.05, 4.69) is 10.2 Å². The summed E-state index contributed by atoms with van der Waals surface area (Å²) in [5, 5.41) is 20.2. The van der Waals surface area contributed by atoms with E-state index in [4.69, 9.17) is 14.6 Å². The molecule has 0 aliphatic carbocycles. The van der Waals surface area contributed by atoms with Crippen LogP contribution in [0.1, 0.15) is 52.0 Å². The fourth-order valence-corrected chi connectivity index (χ4v) is 4.02. The van der Waals surface area contributed by atoms with Gasteiger partial charge in [-0.05, 0) is 58.1 Å². The van der Waals surface area contributed by atoms with E-state index in [0.717, 1.165) is 17.7 Å². The highest BCUT2D eigenvalue weighted by Gasteiger charge is 2.38. The largest absolute Gasteiger partial charge is 0.478 e. The Balaban J connectivity index is 0.000000962. The van der Waals surface area contributed by atoms with Gasteiger partial charge in [-0.25, -0.2) is 9.59 Å². The summed E-state index contributed by atoms with van der Waals surface area (Å²) in [5.74, 6) is -2.63. The Morgan fingerprint density at radius 3 is 2.40 bits per heavy atom. The maximum absolute atomic E-state index is 13.1. The molecule has 1 aliphatic rings. The Kier molecular flexibility index (Phi) is 16.7. The molecule has 2 N–H and O–H groups in total. The van der Waals surface area contributed by atoms with E-state index < -0.39 is 41.1 Å². The maximum Gasteiger partial charge on any atom is 0.328 e. The number of aryl methyl sites for hydroxylation is 1. The van der Waals surface area contributed by atoms with Crippen molar-refractivity contribution in [3.63, 3.8) is 0 Å². The van der Waals surface area contributed by atoms with Crippen molar-refractivity contribution in [3.8, 4) is 0 Å². The molecule has 1 amide bonds. The number of carboxylic acid groups (broad SMARTS) is 1. The lowest BCUT2D eigenvalue weighted by Crippen LogP contribution is -2.53. The topological polar surface area (TPSA) is 192 Å². The molecule has 0 spiro atoms. The smallest absolute Gasteiger partial charge is 0.328 e. The third-order valence-electron chi connectivity index (χ3n) is 5.96. The number of carbonyl (C=O) groups is 5. The minimum absolute atomic E-state index is 0.0383. The molecule has 1 heterocycles. The van der Waals surface area contributed by atoms with Crippen LogP contribution < -0.4 is 5.32 Å². The zero-order valence-electron chi connectivity index (χ0n) is 24.1. The number of allylic oxidation sites excluding steroid dienone is 1. The lowest BCUT2D eigenvalue weighted by molar-refractivity contribution is -0.757. The maximum atomic E-state index is 13.1. The molecular weight excluding hydrogens is 554 g/mol. The molecule has 1 aromatic rings. The first-order valence-electron chi connectivity index (χ1n) is 13.6. The summed E-state index contributed by atoms with van der Waals surface area (Å²) in [6.45, 7) is 5.10. The number of rotatable bonds is 16. The molecule has 0 aromatic heterocycles. The van der Waals surface area contributed by atoms with Gasteiger partial charge in [0.05, 0.1) is 25.9 Å². The molecule has 3 unspecified atom stereocenters. The highest BCUT2D eigenvalue weighted by Crippen LogP contribution is 2.20. The van der Waals surface area contributed by atoms with Gasteiger partial charge < -0.3 is 24.3 Å². The van der Waals surface area contributed by atoms with Gasteiger partial charge >= 0.3 is 17.9 Å². The molecular formula is C28H39N3O11. The molecule has 14 nitrogen and oxygen atoms in total. The van der Waals surface area contributed by atoms with Crippen molar-refractivity contribution in [3.05, 3.63) is 58.2 Å². The molecule has 0 radical (unpaired) electrons. The number of nitrogens with one attached hydrogen (secondary N) is 1. The number of carboxylic acids is 1. The SMILES string of the molecule is CC(=O)/C=C/C(=O)O.CCOC(=O)C(CCc1ccccc1)NC(C)C(=O)N1CCCC1C(=O)OCCCO[N+](=O)[O-]. The number of carbonyl (C=O) groups excluding carboxylic acids is 4. The quantitative estimate of drug-likeness (QED) is 0.0931. The number of esters is 2. The molecule has 14 heteroatoms. The average Bonchev–Trinajstić information content (AvgIpc) is 3.44. The van der Waals surface area contributed by atoms with Crippen LogP contribution in [0.25, 0.3) is 0 Å². The lowest BCUT2D eigenvalue weighted by atomic mass is 10.0. The Labute approximate surface area is 244 Å². The van der Waals surface area contributed by atoms with Crippen molar-refractivity contribution >= 4 is 29.6 Å². The van der Waals surface area contributed by atoms with Gasteiger partial charge in [-0.15, -0.1) is 10.1 Å². The van der Waals surface area contributed by atoms with Crippen molar-refractivity contribution in [2.75, 3.05) is 26.4 Å². The Morgan fingerprint density at radius 1 is 1.14 bits per heavy atom. The Hall–Kier alpha value is -4.33. The second-order valence-electron chi connectivity index (χ2n) is 9.27. The number of ether oxygens (including phenoxy) is 2. The lowest BCUT2D eigenvalue weighted by Gasteiger charge is -2.28. The van der Waals surface area contributed by atoms with Crippen LogP contribution in [0.4, 0.5) is 0 Å². The van der Waals surface area contributed by atoms with Crippen LogP contribution in [0.15, 0.2) is 42.5 Å². The highest BCUT2D eigenvalue weighted by atomic mass is 16.9. The highest BCUT2D eigenvalue weighted by molar-refractivity contribution is 5.93. The third kappa shape index (κ3) is 14.3. The summed E-state index contributed by atoms with van der Waals surface area (Å²) >= 11 is 0. The van der Waals surface area contributed by atoms with E-state index in [9.17, 15) is 34.1 Å². The monoisotopic (exact) mass is 593 g/mol. The van der Waals surface area contributed by atoms with E-state index >= 15 is 0 Å². The van der Waals surface area contributed by atoms with Crippen molar-refractivity contribution in [2.45, 2.75) is 71.0 Å². The van der Waals surface area contributed by atoms with Crippen LogP contribution in [0.3, 0.4) is 0 Å². The standard InChI is InChI=1S/C23H33N3O8.C5H6O3/c1-3-32-22(28)19(13-12-18-9-5-4-6-10-18)24-17(2)21(27)25-14-7-11-20(25)23(29)33-15-8-16-34-26(30)31;1-4(6)2-3-5(7)8/h4-6,9-10,17,19-20,24H,3,7-8,11-16H2,1-2H3;2-3H,1H3,(H,7,8)/b;3-2+. The Morgan fingerprint density at radius 2 is 1.83 bits per heavy atom. The first kappa shape index (κ1) is 35.7. The first-order valence-corrected chi connectivity index (χ1v) is 13.6. The molecule has 0 bridgehead atoms. The van der Waals surface area contributed by atoms with Gasteiger partial charge in [-0.1, -0.05) is 30.3 Å².